The molecule has 0 fully saturated rings. The summed E-state index contributed by atoms with van der Waals surface area (Å²) >= 11 is 1.21. The Balaban J connectivity index is 1.55. The van der Waals surface area contributed by atoms with Gasteiger partial charge in [-0.05, 0) is 36.8 Å². The Morgan fingerprint density at radius 3 is 2.57 bits per heavy atom. The molecule has 0 radical (unpaired) electrons. The number of hydrogen-bond donors (Lipinski definition) is 3. The molecule has 0 saturated carbocycles. The molecule has 1 aliphatic rings. The van der Waals surface area contributed by atoms with E-state index in [0.29, 0.717) is 45.6 Å². The third-order valence-corrected chi connectivity index (χ3v) is 6.77. The molecule has 1 aromatic heterocycles. The molecule has 37 heavy (non-hydrogen) atoms. The van der Waals surface area contributed by atoms with Crippen LogP contribution in [0, 0.1) is 11.3 Å². The number of amides is 2. The van der Waals surface area contributed by atoms with E-state index in [1.165, 1.54) is 25.1 Å². The normalized spacial score (nSPS) is 15.0. The van der Waals surface area contributed by atoms with Crippen LogP contribution in [0.2, 0.25) is 0 Å². The van der Waals surface area contributed by atoms with Crippen LogP contribution in [-0.2, 0) is 16.1 Å². The Hall–Kier alpha value is -4.42. The number of rotatable bonds is 9. The fourth-order valence-electron chi connectivity index (χ4n) is 3.99. The average molecular weight is 515 g/mol. The van der Waals surface area contributed by atoms with Gasteiger partial charge in [-0.1, -0.05) is 54.2 Å². The zero-order valence-electron chi connectivity index (χ0n) is 20.4. The van der Waals surface area contributed by atoms with Crippen molar-refractivity contribution >= 4 is 29.3 Å². The first-order valence-electron chi connectivity index (χ1n) is 11.5. The molecule has 0 spiro atoms. The van der Waals surface area contributed by atoms with Gasteiger partial charge in [0, 0.05) is 12.2 Å². The van der Waals surface area contributed by atoms with E-state index in [1.54, 1.807) is 37.3 Å². The first kappa shape index (κ1) is 25.7. The number of nitriles is 1. The maximum absolute atomic E-state index is 13.5. The number of carbonyl (C=O) groups is 2. The van der Waals surface area contributed by atoms with Gasteiger partial charge in [0.05, 0.1) is 53.0 Å². The first-order chi connectivity index (χ1) is 18.0. The van der Waals surface area contributed by atoms with Crippen LogP contribution in [0.5, 0.6) is 5.75 Å². The zero-order chi connectivity index (χ0) is 26.2. The summed E-state index contributed by atoms with van der Waals surface area (Å²) in [5.41, 5.74) is 2.70. The van der Waals surface area contributed by atoms with Crippen molar-refractivity contribution in [2.45, 2.75) is 19.4 Å². The molecule has 0 saturated heterocycles. The average Bonchev–Trinajstić information content (AvgIpc) is 3.46. The number of thioether (sulfide) groups is 1. The summed E-state index contributed by atoms with van der Waals surface area (Å²) < 4.78 is 11.0. The number of ether oxygens (including phenoxy) is 1. The predicted molar refractivity (Wildman–Crippen MR) is 142 cm³/mol. The summed E-state index contributed by atoms with van der Waals surface area (Å²) in [5, 5.41) is 19.6. The fourth-order valence-corrected chi connectivity index (χ4v) is 4.91. The highest BCUT2D eigenvalue weighted by Gasteiger charge is 2.36. The summed E-state index contributed by atoms with van der Waals surface area (Å²) in [5.74, 6) is -0.243. The van der Waals surface area contributed by atoms with E-state index in [-0.39, 0.29) is 11.7 Å². The minimum absolute atomic E-state index is 0.0985. The number of methoxy groups -OCH3 is 1. The van der Waals surface area contributed by atoms with Crippen molar-refractivity contribution in [3.63, 3.8) is 0 Å². The van der Waals surface area contributed by atoms with Gasteiger partial charge in [-0.25, -0.2) is 0 Å². The van der Waals surface area contributed by atoms with Gasteiger partial charge in [0.25, 0.3) is 5.91 Å². The number of nitrogens with zero attached hydrogens (tertiary/aromatic N) is 1. The molecular formula is C28H26N4O4S. The number of allylic oxidation sites excluding steroid dienone is 2. The number of carbonyl (C=O) groups excluding carboxylic acids is 2. The van der Waals surface area contributed by atoms with Gasteiger partial charge >= 0.3 is 0 Å². The summed E-state index contributed by atoms with van der Waals surface area (Å²) in [4.78, 5) is 26.0. The second-order valence-electron chi connectivity index (χ2n) is 8.17. The van der Waals surface area contributed by atoms with Crippen molar-refractivity contribution in [3.05, 3.63) is 106 Å². The van der Waals surface area contributed by atoms with Gasteiger partial charge in [-0.2, -0.15) is 5.26 Å². The molecule has 0 unspecified atom stereocenters. The highest BCUT2D eigenvalue weighted by atomic mass is 32.2. The lowest BCUT2D eigenvalue weighted by molar-refractivity contribution is -0.118. The molecular weight excluding hydrogens is 488 g/mol. The maximum Gasteiger partial charge on any atom is 0.254 e. The van der Waals surface area contributed by atoms with Gasteiger partial charge in [0.2, 0.25) is 5.91 Å². The van der Waals surface area contributed by atoms with E-state index in [1.807, 2.05) is 36.4 Å². The highest BCUT2D eigenvalue weighted by Crippen LogP contribution is 2.41. The highest BCUT2D eigenvalue weighted by molar-refractivity contribution is 8.03. The number of furan rings is 1. The number of para-hydroxylation sites is 2. The third kappa shape index (κ3) is 6.05. The lowest BCUT2D eigenvalue weighted by atomic mass is 9.85. The predicted octanol–water partition coefficient (Wildman–Crippen LogP) is 4.67. The number of hydrogen-bond acceptors (Lipinski definition) is 7. The summed E-state index contributed by atoms with van der Waals surface area (Å²) in [6, 6.07) is 22.4. The number of dihydropyridines is 1. The molecule has 188 valence electrons. The second-order valence-corrected chi connectivity index (χ2v) is 9.16. The minimum atomic E-state index is -0.745. The number of anilines is 1. The van der Waals surface area contributed by atoms with E-state index in [2.05, 4.69) is 22.0 Å². The topological polar surface area (TPSA) is 116 Å². The Kier molecular flexibility index (Phi) is 8.33. The molecule has 2 aromatic carbocycles. The molecule has 1 aliphatic heterocycles. The van der Waals surface area contributed by atoms with Crippen molar-refractivity contribution in [1.82, 2.24) is 10.6 Å². The lowest BCUT2D eigenvalue weighted by Gasteiger charge is -2.28. The van der Waals surface area contributed by atoms with Gasteiger partial charge in [-0.15, -0.1) is 0 Å². The Labute approximate surface area is 219 Å². The molecule has 9 heteroatoms. The van der Waals surface area contributed by atoms with Crippen LogP contribution in [0.4, 0.5) is 5.69 Å². The van der Waals surface area contributed by atoms with Crippen LogP contribution in [0.3, 0.4) is 0 Å². The standard InChI is InChI=1S/C28H26N4O4S/c1-18-25(27(34)32-21-11-6-7-12-22(21)35-2)26(23-13-8-14-36-23)20(15-29)28(31-18)37-17-24(33)30-16-19-9-4-3-5-10-19/h3-14,26,31H,16-17H2,1-2H3,(H,30,33)(H,32,34)/t26-/m1/s1. The quantitative estimate of drug-likeness (QED) is 0.380. The van der Waals surface area contributed by atoms with Crippen molar-refractivity contribution in [1.29, 1.82) is 5.26 Å². The van der Waals surface area contributed by atoms with Crippen LogP contribution in [0.15, 0.2) is 99.3 Å². The van der Waals surface area contributed by atoms with Gasteiger partial charge in [0.15, 0.2) is 0 Å². The van der Waals surface area contributed by atoms with Crippen molar-refractivity contribution in [2.75, 3.05) is 18.2 Å². The van der Waals surface area contributed by atoms with Crippen molar-refractivity contribution < 1.29 is 18.7 Å². The zero-order valence-corrected chi connectivity index (χ0v) is 21.2. The summed E-state index contributed by atoms with van der Waals surface area (Å²) in [6.45, 7) is 2.18. The molecule has 2 heterocycles. The van der Waals surface area contributed by atoms with E-state index in [9.17, 15) is 14.9 Å². The van der Waals surface area contributed by atoms with Crippen LogP contribution < -0.4 is 20.7 Å². The third-order valence-electron chi connectivity index (χ3n) is 5.76. The van der Waals surface area contributed by atoms with E-state index >= 15 is 0 Å². The number of nitrogens with one attached hydrogen (secondary N) is 3. The van der Waals surface area contributed by atoms with Gasteiger partial charge < -0.3 is 25.1 Å². The minimum Gasteiger partial charge on any atom is -0.495 e. The summed E-state index contributed by atoms with van der Waals surface area (Å²) in [7, 11) is 1.53. The van der Waals surface area contributed by atoms with Crippen molar-refractivity contribution in [2.24, 2.45) is 0 Å². The largest absolute Gasteiger partial charge is 0.495 e. The Bertz CT molecular complexity index is 1370. The molecule has 0 bridgehead atoms. The fraction of sp³-hybridized carbons (Fsp3) is 0.179. The molecule has 4 rings (SSSR count). The first-order valence-corrected chi connectivity index (χ1v) is 12.5. The van der Waals surface area contributed by atoms with E-state index in [4.69, 9.17) is 9.15 Å². The smallest absolute Gasteiger partial charge is 0.254 e. The molecule has 2 amide bonds. The Morgan fingerprint density at radius 2 is 1.86 bits per heavy atom. The maximum atomic E-state index is 13.5. The van der Waals surface area contributed by atoms with Gasteiger partial charge in [-0.3, -0.25) is 9.59 Å². The molecule has 1 atom stereocenters. The van der Waals surface area contributed by atoms with Crippen LogP contribution in [0.25, 0.3) is 0 Å². The Morgan fingerprint density at radius 1 is 1.11 bits per heavy atom. The molecule has 3 N–H and O–H groups in total. The molecule has 0 aliphatic carbocycles. The SMILES string of the molecule is COc1ccccc1NC(=O)C1=C(C)NC(SCC(=O)NCc2ccccc2)=C(C#N)[C@@H]1c1ccco1. The number of benzene rings is 2. The van der Waals surface area contributed by atoms with Crippen molar-refractivity contribution in [3.8, 4) is 11.8 Å². The van der Waals surface area contributed by atoms with E-state index in [0.717, 1.165) is 5.56 Å². The van der Waals surface area contributed by atoms with Crippen LogP contribution in [-0.4, -0.2) is 24.7 Å². The molecule has 8 nitrogen and oxygen atoms in total. The van der Waals surface area contributed by atoms with E-state index < -0.39 is 11.8 Å². The monoisotopic (exact) mass is 514 g/mol. The molecule has 3 aromatic rings. The second kappa shape index (κ2) is 12.0. The van der Waals surface area contributed by atoms with Crippen LogP contribution >= 0.6 is 11.8 Å². The summed E-state index contributed by atoms with van der Waals surface area (Å²) in [6.07, 6.45) is 1.50. The van der Waals surface area contributed by atoms with Crippen LogP contribution in [0.1, 0.15) is 24.2 Å². The van der Waals surface area contributed by atoms with Gasteiger partial charge in [0.1, 0.15) is 11.5 Å². The lowest BCUT2D eigenvalue weighted by Crippen LogP contribution is -2.31.